The van der Waals surface area contributed by atoms with E-state index in [-0.39, 0.29) is 30.1 Å². The van der Waals surface area contributed by atoms with Gasteiger partial charge < -0.3 is 24.3 Å². The van der Waals surface area contributed by atoms with Crippen LogP contribution in [-0.4, -0.2) is 38.6 Å². The first-order chi connectivity index (χ1) is 13.9. The van der Waals surface area contributed by atoms with Gasteiger partial charge in [0.05, 0.1) is 19.8 Å². The Morgan fingerprint density at radius 3 is 2.66 bits per heavy atom. The van der Waals surface area contributed by atoms with Gasteiger partial charge in [0.15, 0.2) is 23.9 Å². The fraction of sp³-hybridized carbons (Fsp3) is 0.273. The molecule has 7 heteroatoms. The molecule has 3 rings (SSSR count). The maximum Gasteiger partial charge on any atom is 0.258 e. The van der Waals surface area contributed by atoms with Gasteiger partial charge in [0.25, 0.3) is 5.91 Å². The summed E-state index contributed by atoms with van der Waals surface area (Å²) in [6, 6.07) is 10.3. The molecule has 1 N–H and O–H groups in total. The van der Waals surface area contributed by atoms with Crippen LogP contribution in [0.3, 0.4) is 0 Å². The summed E-state index contributed by atoms with van der Waals surface area (Å²) in [5, 5.41) is 2.75. The van der Waals surface area contributed by atoms with E-state index in [1.165, 1.54) is 7.11 Å². The number of hydrogen-bond acceptors (Lipinski definition) is 6. The molecule has 1 amide bonds. The van der Waals surface area contributed by atoms with Crippen molar-refractivity contribution in [3.05, 3.63) is 53.3 Å². The average Bonchev–Trinajstić information content (AvgIpc) is 3.00. The molecule has 1 heterocycles. The van der Waals surface area contributed by atoms with Gasteiger partial charge in [-0.2, -0.15) is 0 Å². The van der Waals surface area contributed by atoms with E-state index in [9.17, 15) is 9.59 Å². The summed E-state index contributed by atoms with van der Waals surface area (Å²) < 4.78 is 21.9. The third kappa shape index (κ3) is 4.51. The summed E-state index contributed by atoms with van der Waals surface area (Å²) in [6.45, 7) is 3.63. The van der Waals surface area contributed by atoms with Gasteiger partial charge >= 0.3 is 0 Å². The molecule has 0 aliphatic carbocycles. The summed E-state index contributed by atoms with van der Waals surface area (Å²) in [5.74, 6) is 1.59. The van der Waals surface area contributed by atoms with Crippen LogP contribution in [-0.2, 0) is 4.79 Å². The standard InChI is InChI=1S/C22H23NO6/c1-13(2)23-20(24)12-28-15-8-9-16-18(11-15)29-19(21(16)25)10-14-6-5-7-17(26-3)22(14)27-4/h5-11,13H,12H2,1-4H3,(H,23,24)/b19-10-. The number of Topliss-reactive ketones (excluding diaryl/α,β-unsaturated/α-hetero) is 1. The minimum absolute atomic E-state index is 0.0355. The summed E-state index contributed by atoms with van der Waals surface area (Å²) in [5.41, 5.74) is 1.09. The lowest BCUT2D eigenvalue weighted by Crippen LogP contribution is -2.34. The lowest BCUT2D eigenvalue weighted by atomic mass is 10.1. The second kappa shape index (κ2) is 8.68. The summed E-state index contributed by atoms with van der Waals surface area (Å²) in [4.78, 5) is 24.4. The van der Waals surface area contributed by atoms with Gasteiger partial charge in [0, 0.05) is 17.7 Å². The maximum atomic E-state index is 12.7. The number of hydrogen-bond donors (Lipinski definition) is 1. The first kappa shape index (κ1) is 20.3. The molecule has 1 aliphatic heterocycles. The van der Waals surface area contributed by atoms with Gasteiger partial charge in [-0.3, -0.25) is 9.59 Å². The number of nitrogens with one attached hydrogen (secondary N) is 1. The number of allylic oxidation sites excluding steroid dienone is 1. The van der Waals surface area contributed by atoms with Gasteiger partial charge in [-0.25, -0.2) is 0 Å². The average molecular weight is 397 g/mol. The van der Waals surface area contributed by atoms with E-state index in [0.717, 1.165) is 0 Å². The SMILES string of the molecule is COc1cccc(/C=C2\Oc3cc(OCC(=O)NC(C)C)ccc3C2=O)c1OC. The Labute approximate surface area is 169 Å². The van der Waals surface area contributed by atoms with Crippen LogP contribution < -0.4 is 24.3 Å². The van der Waals surface area contributed by atoms with E-state index in [1.807, 2.05) is 13.8 Å². The highest BCUT2D eigenvalue weighted by Gasteiger charge is 2.28. The van der Waals surface area contributed by atoms with Crippen molar-refractivity contribution in [2.45, 2.75) is 19.9 Å². The molecule has 0 spiro atoms. The second-order valence-corrected chi connectivity index (χ2v) is 6.69. The van der Waals surface area contributed by atoms with E-state index in [4.69, 9.17) is 18.9 Å². The first-order valence-electron chi connectivity index (χ1n) is 9.14. The number of methoxy groups -OCH3 is 2. The molecule has 2 aromatic rings. The molecule has 0 fully saturated rings. The van der Waals surface area contributed by atoms with Crippen molar-refractivity contribution in [3.63, 3.8) is 0 Å². The number of amides is 1. The van der Waals surface area contributed by atoms with Crippen molar-refractivity contribution in [2.75, 3.05) is 20.8 Å². The van der Waals surface area contributed by atoms with Gasteiger partial charge in [0.1, 0.15) is 11.5 Å². The number of ketones is 1. The minimum atomic E-state index is -0.242. The normalized spacial score (nSPS) is 13.8. The summed E-state index contributed by atoms with van der Waals surface area (Å²) >= 11 is 0. The molecule has 0 atom stereocenters. The third-order valence-corrected chi connectivity index (χ3v) is 4.18. The zero-order chi connectivity index (χ0) is 21.0. The second-order valence-electron chi connectivity index (χ2n) is 6.69. The molecular weight excluding hydrogens is 374 g/mol. The molecule has 0 unspecified atom stereocenters. The Bertz CT molecular complexity index is 964. The lowest BCUT2D eigenvalue weighted by molar-refractivity contribution is -0.123. The molecule has 0 saturated carbocycles. The zero-order valence-corrected chi connectivity index (χ0v) is 16.8. The molecular formula is C22H23NO6. The van der Waals surface area contributed by atoms with E-state index < -0.39 is 0 Å². The van der Waals surface area contributed by atoms with E-state index in [2.05, 4.69) is 5.32 Å². The molecule has 152 valence electrons. The van der Waals surface area contributed by atoms with Crippen LogP contribution in [0.15, 0.2) is 42.2 Å². The van der Waals surface area contributed by atoms with Crippen molar-refractivity contribution >= 4 is 17.8 Å². The molecule has 0 aromatic heterocycles. The van der Waals surface area contributed by atoms with Crippen molar-refractivity contribution in [1.82, 2.24) is 5.32 Å². The Morgan fingerprint density at radius 2 is 1.97 bits per heavy atom. The topological polar surface area (TPSA) is 83.1 Å². The predicted octanol–water partition coefficient (Wildman–Crippen LogP) is 3.22. The highest BCUT2D eigenvalue weighted by molar-refractivity contribution is 6.14. The van der Waals surface area contributed by atoms with Crippen molar-refractivity contribution in [3.8, 4) is 23.0 Å². The Balaban J connectivity index is 1.79. The molecule has 1 aliphatic rings. The predicted molar refractivity (Wildman–Crippen MR) is 108 cm³/mol. The number of benzene rings is 2. The molecule has 0 radical (unpaired) electrons. The number of fused-ring (bicyclic) bond motifs is 1. The summed E-state index contributed by atoms with van der Waals surface area (Å²) in [6.07, 6.45) is 1.61. The minimum Gasteiger partial charge on any atom is -0.493 e. The zero-order valence-electron chi connectivity index (χ0n) is 16.8. The molecule has 29 heavy (non-hydrogen) atoms. The first-order valence-corrected chi connectivity index (χ1v) is 9.14. The van der Waals surface area contributed by atoms with Gasteiger partial charge in [0.2, 0.25) is 5.78 Å². The van der Waals surface area contributed by atoms with E-state index in [0.29, 0.717) is 34.1 Å². The van der Waals surface area contributed by atoms with Crippen molar-refractivity contribution in [1.29, 1.82) is 0 Å². The maximum absolute atomic E-state index is 12.7. The van der Waals surface area contributed by atoms with Crippen LogP contribution in [0.2, 0.25) is 0 Å². The fourth-order valence-corrected chi connectivity index (χ4v) is 2.94. The monoisotopic (exact) mass is 397 g/mol. The number of ether oxygens (including phenoxy) is 4. The van der Waals surface area contributed by atoms with Crippen LogP contribution in [0.25, 0.3) is 6.08 Å². The largest absolute Gasteiger partial charge is 0.493 e. The number of para-hydroxylation sites is 1. The lowest BCUT2D eigenvalue weighted by Gasteiger charge is -2.10. The fourth-order valence-electron chi connectivity index (χ4n) is 2.94. The van der Waals surface area contributed by atoms with Crippen LogP contribution in [0.5, 0.6) is 23.0 Å². The third-order valence-electron chi connectivity index (χ3n) is 4.18. The van der Waals surface area contributed by atoms with Crippen molar-refractivity contribution in [2.24, 2.45) is 0 Å². The van der Waals surface area contributed by atoms with E-state index in [1.54, 1.807) is 49.6 Å². The van der Waals surface area contributed by atoms with Crippen LogP contribution in [0.1, 0.15) is 29.8 Å². The summed E-state index contributed by atoms with van der Waals surface area (Å²) in [7, 11) is 3.08. The molecule has 0 bridgehead atoms. The Kier molecular flexibility index (Phi) is 6.07. The smallest absolute Gasteiger partial charge is 0.258 e. The number of carbonyl (C=O) groups excluding carboxylic acids is 2. The van der Waals surface area contributed by atoms with Crippen LogP contribution in [0, 0.1) is 0 Å². The highest BCUT2D eigenvalue weighted by Crippen LogP contribution is 2.37. The van der Waals surface area contributed by atoms with Crippen LogP contribution in [0.4, 0.5) is 0 Å². The van der Waals surface area contributed by atoms with Crippen molar-refractivity contribution < 1.29 is 28.5 Å². The highest BCUT2D eigenvalue weighted by atomic mass is 16.5. The van der Waals surface area contributed by atoms with E-state index >= 15 is 0 Å². The quantitative estimate of drug-likeness (QED) is 0.723. The number of carbonyl (C=O) groups is 2. The van der Waals surface area contributed by atoms with Gasteiger partial charge in [-0.1, -0.05) is 12.1 Å². The van der Waals surface area contributed by atoms with Gasteiger partial charge in [-0.05, 0) is 38.1 Å². The Hall–Kier alpha value is -3.48. The van der Waals surface area contributed by atoms with Crippen LogP contribution >= 0.6 is 0 Å². The Morgan fingerprint density at radius 1 is 1.17 bits per heavy atom. The molecule has 2 aromatic carbocycles. The number of rotatable bonds is 7. The van der Waals surface area contributed by atoms with Gasteiger partial charge in [-0.15, -0.1) is 0 Å². The molecule has 0 saturated heterocycles. The molecule has 7 nitrogen and oxygen atoms in total.